The molecule has 10 heteroatoms. The molecule has 1 aliphatic heterocycles. The summed E-state index contributed by atoms with van der Waals surface area (Å²) in [6, 6.07) is 0. The Balaban J connectivity index is 3.07. The van der Waals surface area contributed by atoms with Gasteiger partial charge in [0.2, 0.25) is 0 Å². The first kappa shape index (κ1) is 12.5. The molecule has 0 aromatic rings. The molecular weight excluding hydrogens is 163 g/mol. The van der Waals surface area contributed by atoms with Gasteiger partial charge < -0.3 is 10.6 Å². The van der Waals surface area contributed by atoms with Crippen LogP contribution in [-0.4, -0.2) is 84.1 Å². The molecule has 1 fully saturated rings. The fourth-order valence-electron chi connectivity index (χ4n) is 1.10. The molecule has 0 aromatic heterocycles. The minimum absolute atomic E-state index is 1.75. The van der Waals surface area contributed by atoms with Crippen LogP contribution in [0.3, 0.4) is 0 Å². The molecular formula is C4H2B8N2. The normalized spacial score (nSPS) is 32.0. The molecule has 52 valence electrons. The van der Waals surface area contributed by atoms with E-state index in [4.69, 9.17) is 62.8 Å². The SMILES string of the molecule is [B]C1([B])NC([B])([B])C([B])([B])NC1([B])[B]. The standard InChI is InChI=1S/C4H2B8N2/c5-1(6)2(7,8)14-4(11,12)3(9,10)13-1/h13-14H. The van der Waals surface area contributed by atoms with Crippen LogP contribution in [0.15, 0.2) is 0 Å². The fourth-order valence-corrected chi connectivity index (χ4v) is 1.10. The van der Waals surface area contributed by atoms with Crippen LogP contribution >= 0.6 is 0 Å². The lowest BCUT2D eigenvalue weighted by atomic mass is 9.28. The maximum absolute atomic E-state index is 5.54. The molecule has 14 heavy (non-hydrogen) atoms. The average Bonchev–Trinajstić information content (AvgIpc) is 1.78. The summed E-state index contributed by atoms with van der Waals surface area (Å²) in [7, 11) is 44.3. The van der Waals surface area contributed by atoms with E-state index in [1.165, 1.54) is 0 Å². The van der Waals surface area contributed by atoms with Crippen molar-refractivity contribution >= 4 is 62.8 Å². The highest BCUT2D eigenvalue weighted by Crippen LogP contribution is 2.25. The Kier molecular flexibility index (Phi) is 2.66. The van der Waals surface area contributed by atoms with Crippen LogP contribution in [0.5, 0.6) is 0 Å². The second kappa shape index (κ2) is 2.97. The van der Waals surface area contributed by atoms with Gasteiger partial charge in [-0.25, -0.2) is 0 Å². The smallest absolute Gasteiger partial charge is 0.0824 e. The van der Waals surface area contributed by atoms with Gasteiger partial charge in [-0.05, 0) is 0 Å². The first-order valence-corrected chi connectivity index (χ1v) is 3.81. The van der Waals surface area contributed by atoms with Crippen molar-refractivity contribution in [3.63, 3.8) is 0 Å². The molecule has 1 heterocycles. The Hall–Kier alpha value is 0.439. The minimum Gasteiger partial charge on any atom is -0.339 e. The highest BCUT2D eigenvalue weighted by Gasteiger charge is 2.49. The summed E-state index contributed by atoms with van der Waals surface area (Å²) in [5.74, 6) is 0. The van der Waals surface area contributed by atoms with Gasteiger partial charge in [0.05, 0.1) is 62.8 Å². The highest BCUT2D eigenvalue weighted by molar-refractivity contribution is 6.60. The van der Waals surface area contributed by atoms with Crippen molar-refractivity contribution < 1.29 is 0 Å². The molecule has 16 radical (unpaired) electrons. The van der Waals surface area contributed by atoms with Gasteiger partial charge in [-0.15, -0.1) is 0 Å². The highest BCUT2D eigenvalue weighted by atomic mass is 15.2. The minimum atomic E-state index is -1.75. The van der Waals surface area contributed by atoms with Crippen LogP contribution in [0.1, 0.15) is 0 Å². The number of rotatable bonds is 0. The summed E-state index contributed by atoms with van der Waals surface area (Å²) >= 11 is 0. The molecule has 2 nitrogen and oxygen atoms in total. The van der Waals surface area contributed by atoms with E-state index >= 15 is 0 Å². The van der Waals surface area contributed by atoms with Gasteiger partial charge in [0.25, 0.3) is 0 Å². The molecule has 0 spiro atoms. The van der Waals surface area contributed by atoms with Gasteiger partial charge in [-0.1, -0.05) is 21.4 Å². The van der Waals surface area contributed by atoms with Crippen molar-refractivity contribution in [3.8, 4) is 0 Å². The molecule has 0 atom stereocenters. The largest absolute Gasteiger partial charge is 0.339 e. The molecule has 1 aliphatic rings. The summed E-state index contributed by atoms with van der Waals surface area (Å²) in [5, 5.41) is -2.28. The summed E-state index contributed by atoms with van der Waals surface area (Å²) in [5.41, 5.74) is 0. The van der Waals surface area contributed by atoms with Gasteiger partial charge >= 0.3 is 0 Å². The molecule has 2 N–H and O–H groups in total. The van der Waals surface area contributed by atoms with Gasteiger partial charge in [0.15, 0.2) is 0 Å². The molecule has 1 rings (SSSR count). The molecule has 1 saturated heterocycles. The van der Waals surface area contributed by atoms with Crippen LogP contribution in [0.2, 0.25) is 0 Å². The second-order valence-electron chi connectivity index (χ2n) is 3.73. The lowest BCUT2D eigenvalue weighted by molar-refractivity contribution is 0.299. The van der Waals surface area contributed by atoms with E-state index in [9.17, 15) is 0 Å². The predicted molar refractivity (Wildman–Crippen MR) is 63.2 cm³/mol. The fraction of sp³-hybridized carbons (Fsp3) is 1.00. The summed E-state index contributed by atoms with van der Waals surface area (Å²) in [6.07, 6.45) is 0. The van der Waals surface area contributed by atoms with Crippen LogP contribution in [0, 0.1) is 0 Å². The number of piperazine rings is 1. The first-order valence-electron chi connectivity index (χ1n) is 3.81. The topological polar surface area (TPSA) is 24.1 Å². The molecule has 0 unspecified atom stereocenters. The predicted octanol–water partition coefficient (Wildman–Crippen LogP) is -4.86. The summed E-state index contributed by atoms with van der Waals surface area (Å²) in [6.45, 7) is 0. The van der Waals surface area contributed by atoms with E-state index < -0.39 is 21.4 Å². The quantitative estimate of drug-likeness (QED) is 0.351. The third-order valence-electron chi connectivity index (χ3n) is 2.20. The number of nitrogens with one attached hydrogen (secondary N) is 2. The Bertz CT molecular complexity index is 198. The third kappa shape index (κ3) is 1.76. The van der Waals surface area contributed by atoms with E-state index in [0.29, 0.717) is 0 Å². The van der Waals surface area contributed by atoms with Crippen molar-refractivity contribution in [2.24, 2.45) is 0 Å². The maximum atomic E-state index is 5.54. The van der Waals surface area contributed by atoms with E-state index in [0.717, 1.165) is 0 Å². The molecule has 0 amide bonds. The van der Waals surface area contributed by atoms with Crippen LogP contribution < -0.4 is 10.6 Å². The van der Waals surface area contributed by atoms with Crippen molar-refractivity contribution in [1.29, 1.82) is 0 Å². The zero-order chi connectivity index (χ0) is 11.4. The van der Waals surface area contributed by atoms with E-state index in [1.807, 2.05) is 0 Å². The van der Waals surface area contributed by atoms with Crippen molar-refractivity contribution in [1.82, 2.24) is 10.6 Å². The van der Waals surface area contributed by atoms with Crippen LogP contribution in [0.25, 0.3) is 0 Å². The number of hydrogen-bond acceptors (Lipinski definition) is 2. The third-order valence-corrected chi connectivity index (χ3v) is 2.20. The molecule has 0 bridgehead atoms. The van der Waals surface area contributed by atoms with Crippen LogP contribution in [-0.2, 0) is 0 Å². The average molecular weight is 165 g/mol. The Morgan fingerprint density at radius 3 is 0.714 bits per heavy atom. The van der Waals surface area contributed by atoms with E-state index in [-0.39, 0.29) is 0 Å². The van der Waals surface area contributed by atoms with Gasteiger partial charge in [0, 0.05) is 0 Å². The Morgan fingerprint density at radius 2 is 0.571 bits per heavy atom. The zero-order valence-corrected chi connectivity index (χ0v) is 7.62. The first-order chi connectivity index (χ1) is 5.91. The summed E-state index contributed by atoms with van der Waals surface area (Å²) in [4.78, 5) is 0. The lowest BCUT2D eigenvalue weighted by Gasteiger charge is -2.65. The molecule has 0 aliphatic carbocycles. The van der Waals surface area contributed by atoms with Gasteiger partial charge in [-0.3, -0.25) is 0 Å². The maximum Gasteiger partial charge on any atom is 0.0824 e. The molecule has 0 saturated carbocycles. The van der Waals surface area contributed by atoms with Crippen LogP contribution in [0.4, 0.5) is 0 Å². The van der Waals surface area contributed by atoms with E-state index in [2.05, 4.69) is 10.6 Å². The number of hydrogen-bond donors (Lipinski definition) is 2. The van der Waals surface area contributed by atoms with E-state index in [1.54, 1.807) is 0 Å². The van der Waals surface area contributed by atoms with Crippen molar-refractivity contribution in [2.75, 3.05) is 0 Å². The summed E-state index contributed by atoms with van der Waals surface area (Å²) < 4.78 is 0. The Morgan fingerprint density at radius 1 is 0.429 bits per heavy atom. The second-order valence-corrected chi connectivity index (χ2v) is 3.73. The Labute approximate surface area is 95.1 Å². The van der Waals surface area contributed by atoms with Crippen molar-refractivity contribution in [3.05, 3.63) is 0 Å². The zero-order valence-electron chi connectivity index (χ0n) is 7.62. The van der Waals surface area contributed by atoms with Gasteiger partial charge in [0.1, 0.15) is 0 Å². The monoisotopic (exact) mass is 166 g/mol. The lowest BCUT2D eigenvalue weighted by Crippen LogP contribution is -2.91. The molecule has 0 aromatic carbocycles. The van der Waals surface area contributed by atoms with Gasteiger partial charge in [-0.2, -0.15) is 0 Å². The van der Waals surface area contributed by atoms with Crippen molar-refractivity contribution in [2.45, 2.75) is 21.4 Å².